The maximum absolute atomic E-state index is 10.6. The molecule has 86 valence electrons. The number of amides is 1. The van der Waals surface area contributed by atoms with Crippen molar-refractivity contribution in [3.63, 3.8) is 0 Å². The lowest BCUT2D eigenvalue weighted by atomic mass is 10.00. The zero-order valence-electron chi connectivity index (χ0n) is 9.28. The Morgan fingerprint density at radius 2 is 2.12 bits per heavy atom. The Labute approximate surface area is 95.3 Å². The first kappa shape index (κ1) is 11.1. The van der Waals surface area contributed by atoms with Gasteiger partial charge in [0.05, 0.1) is 6.10 Å². The highest BCUT2D eigenvalue weighted by atomic mass is 16.3. The SMILES string of the molecule is NC(=O)CCC(O)c1ccc2c(c1)CCC2. The Morgan fingerprint density at radius 1 is 1.38 bits per heavy atom. The molecule has 1 atom stereocenters. The molecular weight excluding hydrogens is 202 g/mol. The van der Waals surface area contributed by atoms with Crippen molar-refractivity contribution in [2.75, 3.05) is 0 Å². The summed E-state index contributed by atoms with van der Waals surface area (Å²) in [6, 6.07) is 6.11. The van der Waals surface area contributed by atoms with Crippen molar-refractivity contribution in [2.45, 2.75) is 38.2 Å². The lowest BCUT2D eigenvalue weighted by Gasteiger charge is -2.11. The predicted molar refractivity (Wildman–Crippen MR) is 61.9 cm³/mol. The van der Waals surface area contributed by atoms with Gasteiger partial charge < -0.3 is 10.8 Å². The highest BCUT2D eigenvalue weighted by Crippen LogP contribution is 2.26. The van der Waals surface area contributed by atoms with Gasteiger partial charge in [-0.25, -0.2) is 0 Å². The topological polar surface area (TPSA) is 63.3 Å². The first-order valence-electron chi connectivity index (χ1n) is 5.75. The number of aliphatic hydroxyl groups excluding tert-OH is 1. The standard InChI is InChI=1S/C13H17NO2/c14-13(16)7-6-12(15)11-5-4-9-2-1-3-10(9)8-11/h4-5,8,12,15H,1-3,6-7H2,(H2,14,16). The van der Waals surface area contributed by atoms with E-state index in [0.717, 1.165) is 18.4 Å². The highest BCUT2D eigenvalue weighted by molar-refractivity contribution is 5.73. The summed E-state index contributed by atoms with van der Waals surface area (Å²) in [5.41, 5.74) is 8.70. The highest BCUT2D eigenvalue weighted by Gasteiger charge is 2.14. The van der Waals surface area contributed by atoms with E-state index in [4.69, 9.17) is 5.73 Å². The summed E-state index contributed by atoms with van der Waals surface area (Å²) in [4.78, 5) is 10.6. The van der Waals surface area contributed by atoms with Crippen LogP contribution in [0, 0.1) is 0 Å². The molecule has 3 nitrogen and oxygen atoms in total. The number of benzene rings is 1. The quantitative estimate of drug-likeness (QED) is 0.805. The molecule has 16 heavy (non-hydrogen) atoms. The van der Waals surface area contributed by atoms with Gasteiger partial charge in [-0.2, -0.15) is 0 Å². The average molecular weight is 219 g/mol. The molecule has 1 aliphatic rings. The molecule has 0 heterocycles. The van der Waals surface area contributed by atoms with E-state index in [2.05, 4.69) is 12.1 Å². The maximum Gasteiger partial charge on any atom is 0.217 e. The smallest absolute Gasteiger partial charge is 0.217 e. The third-order valence-electron chi connectivity index (χ3n) is 3.17. The number of rotatable bonds is 4. The molecule has 1 unspecified atom stereocenters. The van der Waals surface area contributed by atoms with Crippen LogP contribution in [0.5, 0.6) is 0 Å². The summed E-state index contributed by atoms with van der Waals surface area (Å²) < 4.78 is 0. The van der Waals surface area contributed by atoms with Gasteiger partial charge in [-0.05, 0) is 42.4 Å². The number of fused-ring (bicyclic) bond motifs is 1. The van der Waals surface area contributed by atoms with Gasteiger partial charge in [0.1, 0.15) is 0 Å². The van der Waals surface area contributed by atoms with Crippen LogP contribution in [0.15, 0.2) is 18.2 Å². The van der Waals surface area contributed by atoms with Crippen molar-refractivity contribution < 1.29 is 9.90 Å². The molecule has 1 aromatic carbocycles. The summed E-state index contributed by atoms with van der Waals surface area (Å²) in [6.45, 7) is 0. The molecule has 0 spiro atoms. The molecule has 0 aliphatic heterocycles. The van der Waals surface area contributed by atoms with E-state index in [1.165, 1.54) is 17.5 Å². The van der Waals surface area contributed by atoms with Crippen LogP contribution in [0.3, 0.4) is 0 Å². The summed E-state index contributed by atoms with van der Waals surface area (Å²) >= 11 is 0. The summed E-state index contributed by atoms with van der Waals surface area (Å²) in [5.74, 6) is -0.361. The van der Waals surface area contributed by atoms with Crippen molar-refractivity contribution in [3.8, 4) is 0 Å². The van der Waals surface area contributed by atoms with Gasteiger partial charge in [0.2, 0.25) is 5.91 Å². The largest absolute Gasteiger partial charge is 0.388 e. The second kappa shape index (κ2) is 4.66. The van der Waals surface area contributed by atoms with Gasteiger partial charge >= 0.3 is 0 Å². The lowest BCUT2D eigenvalue weighted by Crippen LogP contribution is -2.12. The maximum atomic E-state index is 10.6. The number of hydrogen-bond acceptors (Lipinski definition) is 2. The zero-order chi connectivity index (χ0) is 11.5. The van der Waals surface area contributed by atoms with Crippen LogP contribution in [0.4, 0.5) is 0 Å². The summed E-state index contributed by atoms with van der Waals surface area (Å²) in [7, 11) is 0. The second-order valence-electron chi connectivity index (χ2n) is 4.40. The average Bonchev–Trinajstić information content (AvgIpc) is 2.72. The van der Waals surface area contributed by atoms with E-state index < -0.39 is 6.10 Å². The van der Waals surface area contributed by atoms with Crippen molar-refractivity contribution in [1.29, 1.82) is 0 Å². The first-order chi connectivity index (χ1) is 7.66. The zero-order valence-corrected chi connectivity index (χ0v) is 9.28. The molecular formula is C13H17NO2. The number of nitrogens with two attached hydrogens (primary N) is 1. The number of hydrogen-bond donors (Lipinski definition) is 2. The second-order valence-corrected chi connectivity index (χ2v) is 4.40. The van der Waals surface area contributed by atoms with Gasteiger partial charge in [-0.1, -0.05) is 18.2 Å². The molecule has 0 aromatic heterocycles. The van der Waals surface area contributed by atoms with E-state index in [9.17, 15) is 9.90 Å². The Balaban J connectivity index is 2.06. The van der Waals surface area contributed by atoms with E-state index in [1.807, 2.05) is 6.07 Å². The molecule has 3 N–H and O–H groups in total. The Bertz CT molecular complexity index is 401. The van der Waals surface area contributed by atoms with Gasteiger partial charge in [0.15, 0.2) is 0 Å². The fourth-order valence-electron chi connectivity index (χ4n) is 2.24. The van der Waals surface area contributed by atoms with E-state index in [0.29, 0.717) is 6.42 Å². The number of aliphatic hydroxyl groups is 1. The molecule has 0 bridgehead atoms. The van der Waals surface area contributed by atoms with Crippen molar-refractivity contribution >= 4 is 5.91 Å². The van der Waals surface area contributed by atoms with Gasteiger partial charge in [0.25, 0.3) is 0 Å². The van der Waals surface area contributed by atoms with E-state index in [1.54, 1.807) is 0 Å². The fraction of sp³-hybridized carbons (Fsp3) is 0.462. The first-order valence-corrected chi connectivity index (χ1v) is 5.75. The third kappa shape index (κ3) is 2.42. The summed E-state index contributed by atoms with van der Waals surface area (Å²) in [5, 5.41) is 9.89. The Morgan fingerprint density at radius 3 is 2.88 bits per heavy atom. The molecule has 1 amide bonds. The number of aryl methyl sites for hydroxylation is 2. The van der Waals surface area contributed by atoms with Crippen molar-refractivity contribution in [1.82, 2.24) is 0 Å². The minimum Gasteiger partial charge on any atom is -0.388 e. The molecule has 0 radical (unpaired) electrons. The van der Waals surface area contributed by atoms with Crippen molar-refractivity contribution in [3.05, 3.63) is 34.9 Å². The molecule has 1 aromatic rings. The number of primary amides is 1. The normalized spacial score (nSPS) is 15.8. The van der Waals surface area contributed by atoms with Crippen LogP contribution in [-0.2, 0) is 17.6 Å². The van der Waals surface area contributed by atoms with Crippen LogP contribution in [0.25, 0.3) is 0 Å². The predicted octanol–water partition coefficient (Wildman–Crippen LogP) is 1.47. The minimum absolute atomic E-state index is 0.234. The van der Waals surface area contributed by atoms with Crippen LogP contribution in [0.1, 0.15) is 42.1 Å². The van der Waals surface area contributed by atoms with E-state index >= 15 is 0 Å². The Kier molecular flexibility index (Phi) is 3.25. The lowest BCUT2D eigenvalue weighted by molar-refractivity contribution is -0.118. The molecule has 0 saturated carbocycles. The monoisotopic (exact) mass is 219 g/mol. The third-order valence-corrected chi connectivity index (χ3v) is 3.17. The number of carbonyl (C=O) groups excluding carboxylic acids is 1. The van der Waals surface area contributed by atoms with E-state index in [-0.39, 0.29) is 12.3 Å². The molecule has 2 rings (SSSR count). The summed E-state index contributed by atoms with van der Waals surface area (Å²) in [6.07, 6.45) is 3.53. The molecule has 0 fully saturated rings. The molecule has 0 saturated heterocycles. The van der Waals surface area contributed by atoms with Gasteiger partial charge in [0, 0.05) is 6.42 Å². The molecule has 3 heteroatoms. The fourth-order valence-corrected chi connectivity index (χ4v) is 2.24. The van der Waals surface area contributed by atoms with Crippen LogP contribution in [-0.4, -0.2) is 11.0 Å². The van der Waals surface area contributed by atoms with Crippen LogP contribution in [0.2, 0.25) is 0 Å². The Hall–Kier alpha value is -1.35. The van der Waals surface area contributed by atoms with Crippen LogP contribution >= 0.6 is 0 Å². The molecule has 1 aliphatic carbocycles. The number of carbonyl (C=O) groups is 1. The van der Waals surface area contributed by atoms with Gasteiger partial charge in [-0.15, -0.1) is 0 Å². The minimum atomic E-state index is -0.571. The van der Waals surface area contributed by atoms with Gasteiger partial charge in [-0.3, -0.25) is 4.79 Å². The van der Waals surface area contributed by atoms with Crippen molar-refractivity contribution in [2.24, 2.45) is 5.73 Å². The van der Waals surface area contributed by atoms with Crippen LogP contribution < -0.4 is 5.73 Å².